The summed E-state index contributed by atoms with van der Waals surface area (Å²) in [4.78, 5) is 22.6. The van der Waals surface area contributed by atoms with Crippen LogP contribution in [-0.4, -0.2) is 31.8 Å². The lowest BCUT2D eigenvalue weighted by Crippen LogP contribution is -2.22. The van der Waals surface area contributed by atoms with Gasteiger partial charge in [-0.1, -0.05) is 43.7 Å². The topological polar surface area (TPSA) is 61.8 Å². The molecule has 0 saturated carbocycles. The van der Waals surface area contributed by atoms with Crippen LogP contribution in [0, 0.1) is 0 Å². The molecule has 0 saturated heterocycles. The van der Waals surface area contributed by atoms with Gasteiger partial charge in [0.2, 0.25) is 0 Å². The minimum absolute atomic E-state index is 0.186. The fraction of sp³-hybridized carbons (Fsp3) is 0.412. The van der Waals surface area contributed by atoms with Gasteiger partial charge < -0.3 is 14.2 Å². The highest BCUT2D eigenvalue weighted by atomic mass is 16.6. The van der Waals surface area contributed by atoms with Gasteiger partial charge in [0.25, 0.3) is 0 Å². The fourth-order valence-electron chi connectivity index (χ4n) is 1.89. The Morgan fingerprint density at radius 3 is 2.45 bits per heavy atom. The lowest BCUT2D eigenvalue weighted by molar-refractivity contribution is -0.148. The highest BCUT2D eigenvalue weighted by Gasteiger charge is 2.14. The molecule has 0 aliphatic heterocycles. The molecule has 0 radical (unpaired) electrons. The van der Waals surface area contributed by atoms with Crippen LogP contribution in [0.2, 0.25) is 0 Å². The van der Waals surface area contributed by atoms with Crippen molar-refractivity contribution in [1.29, 1.82) is 0 Å². The molecule has 22 heavy (non-hydrogen) atoms. The lowest BCUT2D eigenvalue weighted by atomic mass is 10.1. The van der Waals surface area contributed by atoms with E-state index >= 15 is 0 Å². The van der Waals surface area contributed by atoms with Crippen LogP contribution in [0.25, 0.3) is 5.76 Å². The summed E-state index contributed by atoms with van der Waals surface area (Å²) in [7, 11) is 1.31. The van der Waals surface area contributed by atoms with Crippen LogP contribution in [0.1, 0.15) is 32.3 Å². The van der Waals surface area contributed by atoms with Crippen LogP contribution in [0.5, 0.6) is 0 Å². The van der Waals surface area contributed by atoms with Crippen molar-refractivity contribution in [3.8, 4) is 0 Å². The van der Waals surface area contributed by atoms with Gasteiger partial charge in [-0.15, -0.1) is 0 Å². The summed E-state index contributed by atoms with van der Waals surface area (Å²) >= 11 is 0. The Bertz CT molecular complexity index is 507. The zero-order chi connectivity index (χ0) is 16.4. The molecule has 1 unspecified atom stereocenters. The van der Waals surface area contributed by atoms with E-state index in [1.807, 2.05) is 37.3 Å². The Kier molecular flexibility index (Phi) is 7.75. The molecule has 5 nitrogen and oxygen atoms in total. The van der Waals surface area contributed by atoms with Crippen LogP contribution in [0.3, 0.4) is 0 Å². The van der Waals surface area contributed by atoms with Gasteiger partial charge in [-0.3, -0.25) is 4.79 Å². The van der Waals surface area contributed by atoms with Crippen molar-refractivity contribution >= 4 is 17.7 Å². The van der Waals surface area contributed by atoms with E-state index in [0.717, 1.165) is 12.0 Å². The number of methoxy groups -OCH3 is 1. The van der Waals surface area contributed by atoms with Crippen molar-refractivity contribution < 1.29 is 23.8 Å². The fourth-order valence-corrected chi connectivity index (χ4v) is 1.89. The number of esters is 2. The highest BCUT2D eigenvalue weighted by Crippen LogP contribution is 2.17. The smallest absolute Gasteiger partial charge is 0.334 e. The van der Waals surface area contributed by atoms with Crippen molar-refractivity contribution in [2.24, 2.45) is 0 Å². The number of carbonyl (C=O) groups excluding carboxylic acids is 2. The summed E-state index contributed by atoms with van der Waals surface area (Å²) in [5.41, 5.74) is 0.756. The molecule has 1 aromatic carbocycles. The second-order valence-corrected chi connectivity index (χ2v) is 4.73. The molecule has 0 fully saturated rings. The number of hydrogen-bond acceptors (Lipinski definition) is 5. The Morgan fingerprint density at radius 1 is 1.23 bits per heavy atom. The molecule has 0 amide bonds. The van der Waals surface area contributed by atoms with Gasteiger partial charge in [0.1, 0.15) is 18.5 Å². The summed E-state index contributed by atoms with van der Waals surface area (Å²) in [6, 6.07) is 9.22. The quantitative estimate of drug-likeness (QED) is 0.420. The van der Waals surface area contributed by atoms with E-state index in [4.69, 9.17) is 9.47 Å². The number of benzene rings is 1. The van der Waals surface area contributed by atoms with Crippen molar-refractivity contribution in [3.63, 3.8) is 0 Å². The largest absolute Gasteiger partial charge is 0.489 e. The van der Waals surface area contributed by atoms with E-state index in [0.29, 0.717) is 12.2 Å². The van der Waals surface area contributed by atoms with E-state index in [1.165, 1.54) is 20.1 Å². The molecule has 1 atom stereocenters. The van der Waals surface area contributed by atoms with Crippen LogP contribution in [0.4, 0.5) is 0 Å². The molecule has 0 N–H and O–H groups in total. The maximum Gasteiger partial charge on any atom is 0.334 e. The van der Waals surface area contributed by atoms with Crippen molar-refractivity contribution in [2.75, 3.05) is 13.7 Å². The Morgan fingerprint density at radius 2 is 1.91 bits per heavy atom. The Labute approximate surface area is 130 Å². The molecular formula is C17H22O5. The highest BCUT2D eigenvalue weighted by molar-refractivity contribution is 5.89. The lowest BCUT2D eigenvalue weighted by Gasteiger charge is -2.18. The van der Waals surface area contributed by atoms with E-state index in [9.17, 15) is 9.59 Å². The second kappa shape index (κ2) is 9.60. The molecule has 5 heteroatoms. The molecule has 1 aromatic rings. The summed E-state index contributed by atoms with van der Waals surface area (Å²) in [6.07, 6.45) is 2.50. The van der Waals surface area contributed by atoms with Crippen LogP contribution in [-0.2, 0) is 23.8 Å². The molecule has 0 aliphatic carbocycles. The summed E-state index contributed by atoms with van der Waals surface area (Å²) in [5, 5.41) is 0. The SMILES string of the molecule is CCCC(CO/C(=C\C(=O)OC)c1ccccc1)OC(C)=O. The van der Waals surface area contributed by atoms with Gasteiger partial charge in [0, 0.05) is 12.5 Å². The van der Waals surface area contributed by atoms with Gasteiger partial charge in [-0.05, 0) is 6.42 Å². The molecule has 120 valence electrons. The minimum atomic E-state index is -0.501. The predicted molar refractivity (Wildman–Crippen MR) is 82.8 cm³/mol. The monoisotopic (exact) mass is 306 g/mol. The standard InChI is InChI=1S/C17H22O5/c1-4-8-15(22-13(2)18)12-21-16(11-17(19)20-3)14-9-6-5-7-10-14/h5-7,9-11,15H,4,8,12H2,1-3H3/b16-11-. The number of hydrogen-bond donors (Lipinski definition) is 0. The zero-order valence-electron chi connectivity index (χ0n) is 13.2. The van der Waals surface area contributed by atoms with Gasteiger partial charge >= 0.3 is 11.9 Å². The molecular weight excluding hydrogens is 284 g/mol. The molecule has 1 rings (SSSR count). The average molecular weight is 306 g/mol. The van der Waals surface area contributed by atoms with Gasteiger partial charge in [0.05, 0.1) is 13.2 Å². The van der Waals surface area contributed by atoms with E-state index in [2.05, 4.69) is 4.74 Å². The van der Waals surface area contributed by atoms with Crippen molar-refractivity contribution in [2.45, 2.75) is 32.8 Å². The number of carbonyl (C=O) groups is 2. The van der Waals surface area contributed by atoms with Crippen LogP contribution in [0.15, 0.2) is 36.4 Å². The summed E-state index contributed by atoms with van der Waals surface area (Å²) in [5.74, 6) is -0.459. The number of rotatable bonds is 8. The molecule has 0 aromatic heterocycles. The first-order valence-electron chi connectivity index (χ1n) is 7.21. The van der Waals surface area contributed by atoms with E-state index in [1.54, 1.807) is 0 Å². The normalized spacial score (nSPS) is 12.4. The molecule has 0 spiro atoms. The van der Waals surface area contributed by atoms with Gasteiger partial charge in [-0.25, -0.2) is 4.79 Å². The molecule has 0 bridgehead atoms. The van der Waals surface area contributed by atoms with Crippen LogP contribution < -0.4 is 0 Å². The van der Waals surface area contributed by atoms with Crippen molar-refractivity contribution in [3.05, 3.63) is 42.0 Å². The minimum Gasteiger partial charge on any atom is -0.489 e. The second-order valence-electron chi connectivity index (χ2n) is 4.73. The van der Waals surface area contributed by atoms with E-state index in [-0.39, 0.29) is 18.7 Å². The van der Waals surface area contributed by atoms with Crippen LogP contribution >= 0.6 is 0 Å². The predicted octanol–water partition coefficient (Wildman–Crippen LogP) is 2.95. The first-order valence-corrected chi connectivity index (χ1v) is 7.21. The van der Waals surface area contributed by atoms with Crippen molar-refractivity contribution in [1.82, 2.24) is 0 Å². The van der Waals surface area contributed by atoms with E-state index < -0.39 is 5.97 Å². The Hall–Kier alpha value is -2.30. The summed E-state index contributed by atoms with van der Waals surface area (Å²) < 4.78 is 15.5. The molecule has 0 heterocycles. The number of ether oxygens (including phenoxy) is 3. The first-order chi connectivity index (χ1) is 10.6. The Balaban J connectivity index is 2.82. The van der Waals surface area contributed by atoms with Gasteiger partial charge in [0.15, 0.2) is 0 Å². The van der Waals surface area contributed by atoms with Gasteiger partial charge in [-0.2, -0.15) is 0 Å². The maximum atomic E-state index is 11.5. The average Bonchev–Trinajstić information content (AvgIpc) is 2.51. The maximum absolute atomic E-state index is 11.5. The summed E-state index contributed by atoms with van der Waals surface area (Å²) in [6.45, 7) is 3.55. The molecule has 0 aliphatic rings. The third-order valence-corrected chi connectivity index (χ3v) is 2.88. The third-order valence-electron chi connectivity index (χ3n) is 2.88. The first kappa shape index (κ1) is 17.8. The zero-order valence-corrected chi connectivity index (χ0v) is 13.2. The third kappa shape index (κ3) is 6.43.